The van der Waals surface area contributed by atoms with Crippen molar-refractivity contribution in [1.82, 2.24) is 0 Å². The van der Waals surface area contributed by atoms with Crippen LogP contribution in [0, 0.1) is 0 Å². The number of benzene rings is 2. The Kier molecular flexibility index (Phi) is 1.75. The van der Waals surface area contributed by atoms with Crippen molar-refractivity contribution >= 4 is 22.7 Å². The molecule has 0 unspecified atom stereocenters. The summed E-state index contributed by atoms with van der Waals surface area (Å²) in [6.07, 6.45) is 0. The molecule has 2 aromatic rings. The van der Waals surface area contributed by atoms with Gasteiger partial charge >= 0.3 is 0 Å². The lowest BCUT2D eigenvalue weighted by Crippen LogP contribution is -1.87. The number of anilines is 2. The minimum Gasteiger partial charge on any atom is -0.356 e. The van der Waals surface area contributed by atoms with Gasteiger partial charge in [0.25, 0.3) is 0 Å². The second-order valence-electron chi connectivity index (χ2n) is 3.42. The fourth-order valence-corrected chi connectivity index (χ4v) is 1.50. The van der Waals surface area contributed by atoms with E-state index in [9.17, 15) is 0 Å². The van der Waals surface area contributed by atoms with E-state index in [1.54, 1.807) is 0 Å². The standard InChI is InChI=1S/C12H9N3/c1-5-11-6-2-9(1)13-10-3-7-12(8-4-10)15-14-11/h1-8,13H. The summed E-state index contributed by atoms with van der Waals surface area (Å²) in [6.45, 7) is 0. The predicted octanol–water partition coefficient (Wildman–Crippen LogP) is 4.16. The van der Waals surface area contributed by atoms with Crippen LogP contribution in [0.25, 0.3) is 0 Å². The van der Waals surface area contributed by atoms with Gasteiger partial charge in [-0.3, -0.25) is 0 Å². The molecule has 0 radical (unpaired) electrons. The zero-order chi connectivity index (χ0) is 10.1. The number of hydrogen-bond acceptors (Lipinski definition) is 3. The largest absolute Gasteiger partial charge is 0.356 e. The molecule has 1 N–H and O–H groups in total. The maximum atomic E-state index is 4.14. The Morgan fingerprint density at radius 3 is 1.40 bits per heavy atom. The fraction of sp³-hybridized carbons (Fsp3) is 0. The lowest BCUT2D eigenvalue weighted by Gasteiger charge is -2.05. The number of hydrogen-bond donors (Lipinski definition) is 1. The highest BCUT2D eigenvalue weighted by Gasteiger charge is 1.98. The summed E-state index contributed by atoms with van der Waals surface area (Å²) >= 11 is 0. The third-order valence-electron chi connectivity index (χ3n) is 2.30. The normalized spacial score (nSPS) is 12.3. The Bertz CT molecular complexity index is 450. The van der Waals surface area contributed by atoms with Gasteiger partial charge in [-0.15, -0.1) is 0 Å². The third-order valence-corrected chi connectivity index (χ3v) is 2.30. The van der Waals surface area contributed by atoms with Crippen molar-refractivity contribution in [1.29, 1.82) is 0 Å². The van der Waals surface area contributed by atoms with Crippen molar-refractivity contribution < 1.29 is 0 Å². The van der Waals surface area contributed by atoms with E-state index in [1.165, 1.54) is 0 Å². The molecule has 3 nitrogen and oxygen atoms in total. The monoisotopic (exact) mass is 195 g/mol. The number of nitrogens with one attached hydrogen (secondary N) is 1. The van der Waals surface area contributed by atoms with E-state index >= 15 is 0 Å². The van der Waals surface area contributed by atoms with Crippen LogP contribution in [-0.4, -0.2) is 0 Å². The van der Waals surface area contributed by atoms with Gasteiger partial charge in [0.05, 0.1) is 11.4 Å². The summed E-state index contributed by atoms with van der Waals surface area (Å²) in [4.78, 5) is 0. The van der Waals surface area contributed by atoms with E-state index in [-0.39, 0.29) is 0 Å². The smallest absolute Gasteiger partial charge is 0.0858 e. The van der Waals surface area contributed by atoms with Gasteiger partial charge < -0.3 is 5.32 Å². The van der Waals surface area contributed by atoms with Gasteiger partial charge in [0.15, 0.2) is 0 Å². The SMILES string of the molecule is c1cc2ccc1N=Nc1ccc(cc1)N2. The second-order valence-corrected chi connectivity index (χ2v) is 3.42. The van der Waals surface area contributed by atoms with Crippen LogP contribution in [0.15, 0.2) is 58.8 Å². The van der Waals surface area contributed by atoms with Crippen LogP contribution in [0.2, 0.25) is 0 Å². The van der Waals surface area contributed by atoms with Gasteiger partial charge in [0.1, 0.15) is 0 Å². The van der Waals surface area contributed by atoms with Crippen LogP contribution in [0.4, 0.5) is 22.7 Å². The maximum absolute atomic E-state index is 4.14. The summed E-state index contributed by atoms with van der Waals surface area (Å²) in [5.74, 6) is 0. The van der Waals surface area contributed by atoms with Crippen molar-refractivity contribution in [2.45, 2.75) is 0 Å². The van der Waals surface area contributed by atoms with Crippen molar-refractivity contribution in [2.75, 3.05) is 5.32 Å². The number of azo groups is 1. The van der Waals surface area contributed by atoms with Crippen LogP contribution >= 0.6 is 0 Å². The zero-order valence-electron chi connectivity index (χ0n) is 8.01. The summed E-state index contributed by atoms with van der Waals surface area (Å²) in [5.41, 5.74) is 3.85. The van der Waals surface area contributed by atoms with Crippen molar-refractivity contribution in [3.8, 4) is 0 Å². The van der Waals surface area contributed by atoms with Crippen molar-refractivity contribution in [3.63, 3.8) is 0 Å². The fourth-order valence-electron chi connectivity index (χ4n) is 1.50. The Labute approximate surface area is 87.5 Å². The van der Waals surface area contributed by atoms with E-state index < -0.39 is 0 Å². The van der Waals surface area contributed by atoms with Crippen LogP contribution in [0.3, 0.4) is 0 Å². The van der Waals surface area contributed by atoms with Gasteiger partial charge in [-0.2, -0.15) is 10.2 Å². The maximum Gasteiger partial charge on any atom is 0.0858 e. The first kappa shape index (κ1) is 8.17. The molecule has 2 aromatic carbocycles. The zero-order valence-corrected chi connectivity index (χ0v) is 8.01. The molecule has 0 saturated heterocycles. The third kappa shape index (κ3) is 1.59. The van der Waals surface area contributed by atoms with E-state index in [0.29, 0.717) is 0 Å². The molecule has 0 amide bonds. The van der Waals surface area contributed by atoms with E-state index in [0.717, 1.165) is 22.7 Å². The first-order valence-corrected chi connectivity index (χ1v) is 4.79. The van der Waals surface area contributed by atoms with Gasteiger partial charge in [-0.1, -0.05) is 0 Å². The van der Waals surface area contributed by atoms with Crippen LogP contribution in [0.5, 0.6) is 0 Å². The lowest BCUT2D eigenvalue weighted by atomic mass is 10.2. The molecule has 0 spiro atoms. The van der Waals surface area contributed by atoms with Crippen LogP contribution in [-0.2, 0) is 0 Å². The van der Waals surface area contributed by atoms with Gasteiger partial charge in [0, 0.05) is 11.4 Å². The Balaban J connectivity index is 2.20. The molecule has 4 aliphatic heterocycles. The van der Waals surface area contributed by atoms with Crippen LogP contribution < -0.4 is 5.32 Å². The van der Waals surface area contributed by atoms with Crippen molar-refractivity contribution in [2.24, 2.45) is 10.2 Å². The highest BCUT2D eigenvalue weighted by atomic mass is 15.1. The summed E-state index contributed by atoms with van der Waals surface area (Å²) < 4.78 is 0. The minimum absolute atomic E-state index is 0.866. The highest BCUT2D eigenvalue weighted by molar-refractivity contribution is 5.63. The lowest BCUT2D eigenvalue weighted by molar-refractivity contribution is 1.23. The molecule has 15 heavy (non-hydrogen) atoms. The molecule has 3 heteroatoms. The van der Waals surface area contributed by atoms with Gasteiger partial charge in [0.2, 0.25) is 0 Å². The first-order chi connectivity index (χ1) is 7.40. The molecule has 0 aliphatic carbocycles. The summed E-state index contributed by atoms with van der Waals surface area (Å²) in [7, 11) is 0. The average Bonchev–Trinajstić information content (AvgIpc) is 2.39. The quantitative estimate of drug-likeness (QED) is 0.574. The molecule has 0 atom stereocenters. The molecule has 6 rings (SSSR count). The number of rotatable bonds is 0. The molecular weight excluding hydrogens is 186 g/mol. The number of nitrogens with zero attached hydrogens (tertiary/aromatic N) is 2. The van der Waals surface area contributed by atoms with Gasteiger partial charge in [-0.25, -0.2) is 0 Å². The molecule has 4 heterocycles. The van der Waals surface area contributed by atoms with Crippen molar-refractivity contribution in [3.05, 3.63) is 48.5 Å². The molecule has 72 valence electrons. The second kappa shape index (κ2) is 3.20. The summed E-state index contributed by atoms with van der Waals surface area (Å²) in [5, 5.41) is 11.6. The van der Waals surface area contributed by atoms with Crippen LogP contribution in [0.1, 0.15) is 0 Å². The molecular formula is C12H9N3. The predicted molar refractivity (Wildman–Crippen MR) is 60.3 cm³/mol. The Morgan fingerprint density at radius 2 is 1.00 bits per heavy atom. The summed E-state index contributed by atoms with van der Waals surface area (Å²) in [6, 6.07) is 15.7. The molecule has 0 saturated carbocycles. The molecule has 4 aliphatic rings. The van der Waals surface area contributed by atoms with E-state index in [1.807, 2.05) is 48.5 Å². The first-order valence-electron chi connectivity index (χ1n) is 4.79. The minimum atomic E-state index is 0.866. The highest BCUT2D eigenvalue weighted by Crippen LogP contribution is 2.26. The Hall–Kier alpha value is -2.16. The Morgan fingerprint density at radius 1 is 0.600 bits per heavy atom. The molecule has 0 fully saturated rings. The van der Waals surface area contributed by atoms with E-state index in [2.05, 4.69) is 15.5 Å². The molecule has 0 aromatic heterocycles. The average molecular weight is 195 g/mol. The molecule has 4 bridgehead atoms. The van der Waals surface area contributed by atoms with Gasteiger partial charge in [-0.05, 0) is 48.5 Å². The topological polar surface area (TPSA) is 36.8 Å². The van der Waals surface area contributed by atoms with E-state index in [4.69, 9.17) is 0 Å².